The Morgan fingerprint density at radius 1 is 0.726 bits per heavy atom. The van der Waals surface area contributed by atoms with E-state index in [1.165, 1.54) is 43.7 Å². The zero-order chi connectivity index (χ0) is 45.6. The number of nitrogen functional groups attached to an aromatic ring is 2. The number of benzene rings is 3. The van der Waals surface area contributed by atoms with Gasteiger partial charge in [0.15, 0.2) is 5.69 Å². The molecule has 3 aromatic heterocycles. The fraction of sp³-hybridized carbons (Fsp3) is 0.200. The summed E-state index contributed by atoms with van der Waals surface area (Å²) in [5, 5.41) is 18.6. The van der Waals surface area contributed by atoms with Crippen molar-refractivity contribution in [2.45, 2.75) is 36.7 Å². The predicted molar refractivity (Wildman–Crippen MR) is 219 cm³/mol. The minimum atomic E-state index is -4.75. The molecule has 0 spiro atoms. The summed E-state index contributed by atoms with van der Waals surface area (Å²) in [7, 11) is -8.22. The van der Waals surface area contributed by atoms with E-state index in [0.29, 0.717) is 17.2 Å². The molecule has 0 fully saturated rings. The molecule has 6 rings (SSSR count). The third-order valence-corrected chi connectivity index (χ3v) is 11.9. The van der Waals surface area contributed by atoms with Crippen molar-refractivity contribution in [2.75, 3.05) is 31.2 Å². The van der Waals surface area contributed by atoms with Gasteiger partial charge in [-0.05, 0) is 42.0 Å². The smallest absolute Gasteiger partial charge is 0.396 e. The van der Waals surface area contributed by atoms with Gasteiger partial charge < -0.3 is 16.6 Å². The van der Waals surface area contributed by atoms with E-state index in [1.807, 2.05) is 6.07 Å². The van der Waals surface area contributed by atoms with Crippen molar-refractivity contribution in [3.63, 3.8) is 0 Å². The fourth-order valence-electron chi connectivity index (χ4n) is 5.60. The van der Waals surface area contributed by atoms with Crippen molar-refractivity contribution in [1.82, 2.24) is 34.4 Å². The van der Waals surface area contributed by atoms with E-state index in [0.717, 1.165) is 24.4 Å². The molecule has 3 heterocycles. The van der Waals surface area contributed by atoms with Crippen LogP contribution in [0, 0.1) is 28.4 Å². The first-order valence-electron chi connectivity index (χ1n) is 18.1. The average molecular weight is 897 g/mol. The molecular formula is C40H37F5N10O5S2. The number of aliphatic hydroxyl groups excluding tert-OH is 1. The molecular weight excluding hydrogens is 860 g/mol. The van der Waals surface area contributed by atoms with Crippen LogP contribution in [0.4, 0.5) is 33.7 Å². The second-order valence-electron chi connectivity index (χ2n) is 14.0. The number of rotatable bonds is 12. The summed E-state index contributed by atoms with van der Waals surface area (Å²) in [6.07, 6.45) is 0.143. The van der Waals surface area contributed by atoms with Crippen molar-refractivity contribution in [3.8, 4) is 50.8 Å². The lowest BCUT2D eigenvalue weighted by Gasteiger charge is -2.22. The molecule has 0 radical (unpaired) electrons. The number of sulfonamides is 2. The molecule has 62 heavy (non-hydrogen) atoms. The summed E-state index contributed by atoms with van der Waals surface area (Å²) >= 11 is 0. The maximum atomic E-state index is 15.0. The number of hydrogen-bond acceptors (Lipinski definition) is 13. The van der Waals surface area contributed by atoms with Gasteiger partial charge in [0.25, 0.3) is 0 Å². The highest BCUT2D eigenvalue weighted by molar-refractivity contribution is 7.90. The Morgan fingerprint density at radius 2 is 1.32 bits per heavy atom. The highest BCUT2D eigenvalue weighted by atomic mass is 32.2. The Kier molecular flexibility index (Phi) is 14.0. The number of nitriles is 1. The Labute approximate surface area is 352 Å². The molecule has 3 aromatic carbocycles. The van der Waals surface area contributed by atoms with Crippen LogP contribution in [0.1, 0.15) is 32.0 Å². The Bertz CT molecular complexity index is 2880. The number of nitrogens with zero attached hydrogens (tertiary/aromatic N) is 6. The van der Waals surface area contributed by atoms with Gasteiger partial charge in [0.05, 0.1) is 21.6 Å². The van der Waals surface area contributed by atoms with Gasteiger partial charge in [-0.1, -0.05) is 51.1 Å². The van der Waals surface area contributed by atoms with Crippen LogP contribution in [0.15, 0.2) is 101 Å². The Hall–Kier alpha value is -6.51. The molecule has 0 saturated carbocycles. The first kappa shape index (κ1) is 46.6. The number of nitrogens with two attached hydrogens (primary N) is 2. The third-order valence-electron chi connectivity index (χ3n) is 8.81. The molecule has 0 amide bonds. The molecule has 0 aliphatic rings. The van der Waals surface area contributed by atoms with E-state index >= 15 is 4.39 Å². The topological polar surface area (TPSA) is 253 Å². The normalized spacial score (nSPS) is 12.0. The van der Waals surface area contributed by atoms with Crippen LogP contribution in [-0.4, -0.2) is 66.6 Å². The number of anilines is 2. The zero-order valence-electron chi connectivity index (χ0n) is 32.9. The van der Waals surface area contributed by atoms with Gasteiger partial charge in [-0.2, -0.15) is 18.4 Å². The molecule has 0 atom stereocenters. The number of hydrogen-bond donors (Lipinski definition) is 5. The summed E-state index contributed by atoms with van der Waals surface area (Å²) < 4.78 is 124. The van der Waals surface area contributed by atoms with E-state index in [1.54, 1.807) is 38.1 Å². The summed E-state index contributed by atoms with van der Waals surface area (Å²) in [4.78, 5) is 18.7. The highest BCUT2D eigenvalue weighted by Gasteiger charge is 2.33. The molecule has 0 bridgehead atoms. The second-order valence-corrected chi connectivity index (χ2v) is 17.5. The quantitative estimate of drug-likeness (QED) is 0.0893. The van der Waals surface area contributed by atoms with Gasteiger partial charge >= 0.3 is 6.18 Å². The molecule has 7 N–H and O–H groups in total. The maximum Gasteiger partial charge on any atom is 0.416 e. The van der Waals surface area contributed by atoms with Crippen molar-refractivity contribution in [2.24, 2.45) is 5.41 Å². The van der Waals surface area contributed by atoms with Crippen LogP contribution in [0.2, 0.25) is 0 Å². The highest BCUT2D eigenvalue weighted by Crippen LogP contribution is 2.37. The van der Waals surface area contributed by atoms with Crippen LogP contribution >= 0.6 is 0 Å². The standard InChI is InChI=1S/C22H22FN5O3S.C18H15F4N5O2S/c1-22(2,13-29)12-27-32(30,31)19-6-4-3-5-15(19)14-7-8-16(17(23)9-14)21-18(10-24)28-20(25)11-26-21;1-2-27-30(28,29)15-6-12(18(20,21)22)3-4-13(15)10-5-14(19)16(24-7-10)11-8-25-17(23)26-9-11/h3-9,11,27,29H,12-13H2,1-2H3,(H2,25,28);3-9,27H,2H2,1H3,(H2,23,25,26). The predicted octanol–water partition coefficient (Wildman–Crippen LogP) is 5.94. The van der Waals surface area contributed by atoms with Gasteiger partial charge in [0, 0.05) is 71.5 Å². The third kappa shape index (κ3) is 10.9. The largest absolute Gasteiger partial charge is 0.416 e. The van der Waals surface area contributed by atoms with Crippen molar-refractivity contribution in [3.05, 3.63) is 114 Å². The second kappa shape index (κ2) is 18.6. The van der Waals surface area contributed by atoms with Crippen molar-refractivity contribution >= 4 is 31.8 Å². The molecule has 324 valence electrons. The number of nitrogens with one attached hydrogen (secondary N) is 2. The van der Waals surface area contributed by atoms with Crippen LogP contribution in [-0.2, 0) is 26.2 Å². The number of halogens is 5. The van der Waals surface area contributed by atoms with Gasteiger partial charge in [0.1, 0.15) is 34.9 Å². The number of pyridine rings is 1. The van der Waals surface area contributed by atoms with Gasteiger partial charge in [-0.3, -0.25) is 4.98 Å². The van der Waals surface area contributed by atoms with E-state index in [2.05, 4.69) is 34.4 Å². The first-order valence-corrected chi connectivity index (χ1v) is 21.0. The summed E-state index contributed by atoms with van der Waals surface area (Å²) in [5.41, 5.74) is 9.69. The van der Waals surface area contributed by atoms with E-state index in [4.69, 9.17) is 11.5 Å². The van der Waals surface area contributed by atoms with Crippen LogP contribution < -0.4 is 20.9 Å². The minimum absolute atomic E-state index is 0.0150. The Morgan fingerprint density at radius 3 is 1.94 bits per heavy atom. The lowest BCUT2D eigenvalue weighted by molar-refractivity contribution is -0.137. The first-order chi connectivity index (χ1) is 29.1. The SMILES string of the molecule is CC(C)(CO)CNS(=O)(=O)c1ccccc1-c1ccc(-c2ncc(N)nc2C#N)c(F)c1.CCNS(=O)(=O)c1cc(C(F)(F)F)ccc1-c1cnc(-c2cnc(N)nc2)c(F)c1. The lowest BCUT2D eigenvalue weighted by Crippen LogP contribution is -2.36. The van der Waals surface area contributed by atoms with Crippen LogP contribution in [0.25, 0.3) is 44.8 Å². The molecule has 22 heteroatoms. The number of alkyl halides is 3. The van der Waals surface area contributed by atoms with Crippen LogP contribution in [0.5, 0.6) is 0 Å². The lowest BCUT2D eigenvalue weighted by atomic mass is 9.96. The van der Waals surface area contributed by atoms with Crippen molar-refractivity contribution in [1.29, 1.82) is 5.26 Å². The molecule has 6 aromatic rings. The zero-order valence-corrected chi connectivity index (χ0v) is 34.5. The van der Waals surface area contributed by atoms with E-state index < -0.39 is 53.7 Å². The molecule has 0 unspecified atom stereocenters. The Balaban J connectivity index is 0.000000235. The summed E-state index contributed by atoms with van der Waals surface area (Å²) in [6, 6.07) is 15.4. The monoisotopic (exact) mass is 896 g/mol. The van der Waals surface area contributed by atoms with Gasteiger partial charge in [0.2, 0.25) is 26.0 Å². The fourth-order valence-corrected chi connectivity index (χ4v) is 8.36. The number of aromatic nitrogens is 5. The molecule has 0 aliphatic heterocycles. The van der Waals surface area contributed by atoms with Gasteiger partial charge in [-0.15, -0.1) is 0 Å². The van der Waals surface area contributed by atoms with E-state index in [9.17, 15) is 44.8 Å². The van der Waals surface area contributed by atoms with Crippen molar-refractivity contribution < 1.29 is 43.9 Å². The molecule has 0 aliphatic carbocycles. The average Bonchev–Trinajstić information content (AvgIpc) is 3.23. The molecule has 15 nitrogen and oxygen atoms in total. The minimum Gasteiger partial charge on any atom is -0.396 e. The summed E-state index contributed by atoms with van der Waals surface area (Å²) in [6.45, 7) is 4.73. The summed E-state index contributed by atoms with van der Waals surface area (Å²) in [5.74, 6) is -1.51. The number of aliphatic hydroxyl groups is 1. The van der Waals surface area contributed by atoms with Crippen LogP contribution in [0.3, 0.4) is 0 Å². The molecule has 0 saturated heterocycles. The van der Waals surface area contributed by atoms with E-state index in [-0.39, 0.29) is 75.7 Å². The van der Waals surface area contributed by atoms with Gasteiger partial charge in [-0.25, -0.2) is 55.0 Å². The maximum absolute atomic E-state index is 15.0.